The molecule has 1 atom stereocenters. The molecule has 1 aromatic carbocycles. The van der Waals surface area contributed by atoms with Crippen molar-refractivity contribution in [3.05, 3.63) is 57.5 Å². The first-order valence-electron chi connectivity index (χ1n) is 8.40. The van der Waals surface area contributed by atoms with Crippen LogP contribution in [0.4, 0.5) is 5.69 Å². The lowest BCUT2D eigenvalue weighted by molar-refractivity contribution is 0.724. The molecule has 128 valence electrons. The van der Waals surface area contributed by atoms with Crippen molar-refractivity contribution in [2.75, 3.05) is 12.4 Å². The number of anilines is 1. The summed E-state index contributed by atoms with van der Waals surface area (Å²) < 4.78 is 2.17. The molecule has 0 saturated heterocycles. The Hall–Kier alpha value is -2.47. The van der Waals surface area contributed by atoms with Crippen molar-refractivity contribution in [3.8, 4) is 5.00 Å². The van der Waals surface area contributed by atoms with Crippen LogP contribution in [0.5, 0.6) is 0 Å². The predicted molar refractivity (Wildman–Crippen MR) is 103 cm³/mol. The molecule has 0 aliphatic carbocycles. The molecule has 0 amide bonds. The van der Waals surface area contributed by atoms with Crippen LogP contribution in [0.2, 0.25) is 0 Å². The lowest BCUT2D eigenvalue weighted by Crippen LogP contribution is -2.07. The van der Waals surface area contributed by atoms with Gasteiger partial charge in [-0.05, 0) is 45.4 Å². The van der Waals surface area contributed by atoms with Gasteiger partial charge in [-0.3, -0.25) is 9.56 Å². The maximum absolute atomic E-state index is 5.05. The van der Waals surface area contributed by atoms with Gasteiger partial charge in [0, 0.05) is 28.7 Å². The van der Waals surface area contributed by atoms with Crippen molar-refractivity contribution in [3.63, 3.8) is 0 Å². The average Bonchev–Trinajstić information content (AvgIpc) is 3.09. The molecule has 25 heavy (non-hydrogen) atoms. The first kappa shape index (κ1) is 16.0. The summed E-state index contributed by atoms with van der Waals surface area (Å²) >= 11 is 1.79. The van der Waals surface area contributed by atoms with E-state index in [-0.39, 0.29) is 6.04 Å². The van der Waals surface area contributed by atoms with Crippen molar-refractivity contribution < 1.29 is 0 Å². The molecule has 3 aromatic rings. The second kappa shape index (κ2) is 5.81. The van der Waals surface area contributed by atoms with E-state index in [1.54, 1.807) is 11.3 Å². The van der Waals surface area contributed by atoms with Gasteiger partial charge in [0.25, 0.3) is 0 Å². The van der Waals surface area contributed by atoms with E-state index in [4.69, 9.17) is 4.99 Å². The maximum Gasteiger partial charge on any atom is 0.162 e. The van der Waals surface area contributed by atoms with Crippen molar-refractivity contribution in [2.45, 2.75) is 33.7 Å². The monoisotopic (exact) mass is 351 g/mol. The largest absolute Gasteiger partial charge is 0.388 e. The number of rotatable bonds is 2. The summed E-state index contributed by atoms with van der Waals surface area (Å²) in [6.07, 6.45) is 0. The van der Waals surface area contributed by atoms with Gasteiger partial charge in [0.1, 0.15) is 16.9 Å². The fourth-order valence-electron chi connectivity index (χ4n) is 3.28. The Morgan fingerprint density at radius 3 is 2.48 bits per heavy atom. The van der Waals surface area contributed by atoms with Crippen LogP contribution in [0.25, 0.3) is 5.00 Å². The zero-order chi connectivity index (χ0) is 17.7. The van der Waals surface area contributed by atoms with E-state index in [1.165, 1.54) is 21.0 Å². The molecule has 1 aliphatic heterocycles. The highest BCUT2D eigenvalue weighted by Crippen LogP contribution is 2.38. The van der Waals surface area contributed by atoms with Crippen LogP contribution in [0.15, 0.2) is 29.3 Å². The Labute approximate surface area is 151 Å². The number of nitrogens with one attached hydrogen (secondary N) is 1. The lowest BCUT2D eigenvalue weighted by Gasteiger charge is -2.10. The predicted octanol–water partition coefficient (Wildman–Crippen LogP) is 4.21. The first-order valence-corrected chi connectivity index (χ1v) is 9.21. The minimum absolute atomic E-state index is 0.0421. The normalized spacial score (nSPS) is 16.0. The molecule has 5 nitrogen and oxygen atoms in total. The summed E-state index contributed by atoms with van der Waals surface area (Å²) in [5, 5.41) is 13.0. The van der Waals surface area contributed by atoms with Crippen molar-refractivity contribution in [1.82, 2.24) is 14.8 Å². The highest BCUT2D eigenvalue weighted by atomic mass is 32.1. The van der Waals surface area contributed by atoms with Crippen molar-refractivity contribution in [2.24, 2.45) is 4.99 Å². The van der Waals surface area contributed by atoms with E-state index < -0.39 is 0 Å². The lowest BCUT2D eigenvalue weighted by atomic mass is 9.99. The summed E-state index contributed by atoms with van der Waals surface area (Å²) in [6.45, 7) is 8.43. The highest BCUT2D eigenvalue weighted by molar-refractivity contribution is 7.15. The van der Waals surface area contributed by atoms with Crippen molar-refractivity contribution in [1.29, 1.82) is 0 Å². The molecular formula is C19H21N5S. The van der Waals surface area contributed by atoms with Gasteiger partial charge in [-0.25, -0.2) is 0 Å². The van der Waals surface area contributed by atoms with Crippen LogP contribution >= 0.6 is 11.3 Å². The van der Waals surface area contributed by atoms with Gasteiger partial charge in [0.2, 0.25) is 0 Å². The molecule has 2 aromatic heterocycles. The average molecular weight is 351 g/mol. The van der Waals surface area contributed by atoms with E-state index in [1.807, 2.05) is 14.0 Å². The van der Waals surface area contributed by atoms with Gasteiger partial charge in [0.05, 0.1) is 5.71 Å². The number of aromatic nitrogens is 3. The fraction of sp³-hybridized carbons (Fsp3) is 0.316. The van der Waals surface area contributed by atoms with Gasteiger partial charge >= 0.3 is 0 Å². The van der Waals surface area contributed by atoms with E-state index in [0.717, 1.165) is 28.6 Å². The molecule has 6 heteroatoms. The molecular weight excluding hydrogens is 330 g/mol. The summed E-state index contributed by atoms with van der Waals surface area (Å²) in [4.78, 5) is 6.36. The third-order valence-electron chi connectivity index (χ3n) is 4.80. The number of aliphatic imine (C=N–C) groups is 1. The molecule has 1 unspecified atom stereocenters. The highest BCUT2D eigenvalue weighted by Gasteiger charge is 2.29. The fourth-order valence-corrected chi connectivity index (χ4v) is 4.49. The van der Waals surface area contributed by atoms with E-state index >= 15 is 0 Å². The maximum atomic E-state index is 5.05. The minimum atomic E-state index is -0.0421. The molecule has 0 spiro atoms. The number of hydrogen-bond donors (Lipinski definition) is 1. The Morgan fingerprint density at radius 1 is 1.08 bits per heavy atom. The molecule has 0 fully saturated rings. The summed E-state index contributed by atoms with van der Waals surface area (Å²) in [5.41, 5.74) is 5.75. The van der Waals surface area contributed by atoms with Gasteiger partial charge in [-0.2, -0.15) is 0 Å². The van der Waals surface area contributed by atoms with Gasteiger partial charge in [-0.15, -0.1) is 21.5 Å². The smallest absolute Gasteiger partial charge is 0.162 e. The third-order valence-corrected chi connectivity index (χ3v) is 5.99. The quantitative estimate of drug-likeness (QED) is 0.752. The zero-order valence-corrected chi connectivity index (χ0v) is 15.9. The number of aryl methyl sites for hydroxylation is 2. The summed E-state index contributed by atoms with van der Waals surface area (Å²) in [6, 6.07) is 8.40. The van der Waals surface area contributed by atoms with Crippen LogP contribution in [-0.2, 0) is 0 Å². The van der Waals surface area contributed by atoms with Gasteiger partial charge < -0.3 is 5.32 Å². The topological polar surface area (TPSA) is 55.1 Å². The van der Waals surface area contributed by atoms with E-state index in [0.29, 0.717) is 0 Å². The zero-order valence-electron chi connectivity index (χ0n) is 15.1. The van der Waals surface area contributed by atoms with E-state index in [2.05, 4.69) is 65.1 Å². The standard InChI is InChI=1S/C19H21N5S/c1-10-12(3)25-19-16(10)17(14-6-8-15(20-5)9-7-14)21-11(2)18-23-22-13(4)24(18)19/h6-9,11,20H,1-5H3. The van der Waals surface area contributed by atoms with Crippen LogP contribution in [0, 0.1) is 20.8 Å². The Morgan fingerprint density at radius 2 is 1.80 bits per heavy atom. The molecule has 1 aliphatic rings. The molecule has 3 heterocycles. The van der Waals surface area contributed by atoms with Crippen molar-refractivity contribution >= 4 is 22.7 Å². The number of hydrogen-bond acceptors (Lipinski definition) is 5. The van der Waals surface area contributed by atoms with Crippen LogP contribution < -0.4 is 5.32 Å². The number of benzene rings is 1. The van der Waals surface area contributed by atoms with Crippen LogP contribution in [-0.4, -0.2) is 27.5 Å². The Balaban J connectivity index is 1.99. The number of nitrogens with zero attached hydrogens (tertiary/aromatic N) is 4. The number of fused-ring (bicyclic) bond motifs is 3. The molecule has 4 rings (SSSR count). The Bertz CT molecular complexity index is 978. The minimum Gasteiger partial charge on any atom is -0.388 e. The summed E-state index contributed by atoms with van der Waals surface area (Å²) in [5.74, 6) is 1.81. The first-order chi connectivity index (χ1) is 12.0. The van der Waals surface area contributed by atoms with Gasteiger partial charge in [0.15, 0.2) is 5.82 Å². The SMILES string of the molecule is CNc1ccc(C2=NC(C)c3nnc(C)n3-c3sc(C)c(C)c32)cc1. The second-order valence-electron chi connectivity index (χ2n) is 6.39. The Kier molecular flexibility index (Phi) is 3.72. The molecule has 1 N–H and O–H groups in total. The summed E-state index contributed by atoms with van der Waals surface area (Å²) in [7, 11) is 1.93. The molecule has 0 radical (unpaired) electrons. The van der Waals surface area contributed by atoms with Gasteiger partial charge in [-0.1, -0.05) is 12.1 Å². The number of thiophene rings is 1. The van der Waals surface area contributed by atoms with E-state index in [9.17, 15) is 0 Å². The molecule has 0 bridgehead atoms. The third kappa shape index (κ3) is 2.40. The molecule has 0 saturated carbocycles. The van der Waals surface area contributed by atoms with Crippen LogP contribution in [0.1, 0.15) is 46.2 Å². The van der Waals surface area contributed by atoms with Crippen LogP contribution in [0.3, 0.4) is 0 Å². The second-order valence-corrected chi connectivity index (χ2v) is 7.59.